The van der Waals surface area contributed by atoms with Crippen molar-refractivity contribution in [3.63, 3.8) is 0 Å². The molecule has 3 rings (SSSR count). The van der Waals surface area contributed by atoms with Crippen molar-refractivity contribution in [2.24, 2.45) is 10.8 Å². The molecule has 1 aromatic heterocycles. The van der Waals surface area contributed by atoms with Gasteiger partial charge in [0.15, 0.2) is 0 Å². The number of aliphatic imine (C=N–C) groups is 1. The lowest BCUT2D eigenvalue weighted by Crippen LogP contribution is -2.13. The van der Waals surface area contributed by atoms with Crippen LogP contribution in [-0.2, 0) is 0 Å². The van der Waals surface area contributed by atoms with Crippen LogP contribution in [0.3, 0.4) is 0 Å². The Morgan fingerprint density at radius 1 is 1.12 bits per heavy atom. The Morgan fingerprint density at radius 3 is 2.52 bits per heavy atom. The van der Waals surface area contributed by atoms with Crippen LogP contribution >= 0.6 is 11.3 Å². The van der Waals surface area contributed by atoms with E-state index in [-0.39, 0.29) is 0 Å². The van der Waals surface area contributed by atoms with Crippen LogP contribution in [0.15, 0.2) is 77.9 Å². The molecular formula is C35H42N4S. The summed E-state index contributed by atoms with van der Waals surface area (Å²) in [5, 5.41) is 5.92. The maximum Gasteiger partial charge on any atom is 0.0898 e. The number of unbranched alkanes of at least 4 members (excludes halogenated alkanes) is 2. The van der Waals surface area contributed by atoms with Gasteiger partial charge in [0, 0.05) is 45.9 Å². The molecule has 0 fully saturated rings. The van der Waals surface area contributed by atoms with Crippen LogP contribution in [0, 0.1) is 6.92 Å². The number of benzene rings is 2. The summed E-state index contributed by atoms with van der Waals surface area (Å²) in [6.45, 7) is 16.3. The van der Waals surface area contributed by atoms with Crippen LogP contribution in [0.5, 0.6) is 0 Å². The van der Waals surface area contributed by atoms with Crippen LogP contribution in [0.2, 0.25) is 0 Å². The van der Waals surface area contributed by atoms with E-state index in [9.17, 15) is 0 Å². The van der Waals surface area contributed by atoms with Crippen LogP contribution in [0.4, 0.5) is 11.4 Å². The lowest BCUT2D eigenvalue weighted by atomic mass is 9.93. The summed E-state index contributed by atoms with van der Waals surface area (Å²) in [6, 6.07) is 13.1. The molecular weight excluding hydrogens is 508 g/mol. The van der Waals surface area contributed by atoms with E-state index in [2.05, 4.69) is 103 Å². The molecule has 0 aliphatic carbocycles. The summed E-state index contributed by atoms with van der Waals surface area (Å²) in [7, 11) is 0. The first-order valence-corrected chi connectivity index (χ1v) is 14.9. The van der Waals surface area contributed by atoms with Crippen molar-refractivity contribution in [3.05, 3.63) is 100 Å². The van der Waals surface area contributed by atoms with Crippen molar-refractivity contribution in [1.82, 2.24) is 5.43 Å². The number of nitrogens with one attached hydrogen (secondary N) is 2. The van der Waals surface area contributed by atoms with Gasteiger partial charge in [0.2, 0.25) is 0 Å². The van der Waals surface area contributed by atoms with Gasteiger partial charge < -0.3 is 10.7 Å². The van der Waals surface area contributed by atoms with Gasteiger partial charge in [-0.1, -0.05) is 82.3 Å². The van der Waals surface area contributed by atoms with Gasteiger partial charge in [-0.2, -0.15) is 0 Å². The third-order valence-electron chi connectivity index (χ3n) is 6.78. The maximum atomic E-state index is 5.67. The van der Waals surface area contributed by atoms with Crippen molar-refractivity contribution >= 4 is 52.3 Å². The van der Waals surface area contributed by atoms with E-state index >= 15 is 0 Å². The van der Waals surface area contributed by atoms with Crippen molar-refractivity contribution in [1.29, 1.82) is 0 Å². The van der Waals surface area contributed by atoms with Crippen LogP contribution in [0.1, 0.15) is 80.0 Å². The third-order valence-corrected chi connectivity index (χ3v) is 7.75. The van der Waals surface area contributed by atoms with Gasteiger partial charge in [0.05, 0.1) is 10.6 Å². The monoisotopic (exact) mass is 550 g/mol. The molecule has 0 atom stereocenters. The Kier molecular flexibility index (Phi) is 12.0. The summed E-state index contributed by atoms with van der Waals surface area (Å²) < 4.78 is 0. The number of allylic oxidation sites excluding steroid dienone is 2. The highest BCUT2D eigenvalue weighted by molar-refractivity contribution is 7.11. The molecule has 1 heterocycles. The van der Waals surface area contributed by atoms with Crippen LogP contribution < -0.4 is 16.6 Å². The highest BCUT2D eigenvalue weighted by atomic mass is 32.1. The number of anilines is 1. The molecule has 2 aromatic carbocycles. The molecule has 0 saturated carbocycles. The number of aryl methyl sites for hydroxylation is 1. The summed E-state index contributed by atoms with van der Waals surface area (Å²) in [5.41, 5.74) is 16.6. The molecule has 0 bridgehead atoms. The molecule has 0 spiro atoms. The van der Waals surface area contributed by atoms with Gasteiger partial charge >= 0.3 is 0 Å². The van der Waals surface area contributed by atoms with Crippen molar-refractivity contribution in [2.45, 2.75) is 59.8 Å². The first kappa shape index (κ1) is 30.6. The molecule has 4 N–H and O–H groups in total. The second-order valence-electron chi connectivity index (χ2n) is 9.51. The lowest BCUT2D eigenvalue weighted by molar-refractivity contribution is 0.735. The Balaban J connectivity index is 2.09. The van der Waals surface area contributed by atoms with Crippen LogP contribution in [-0.4, -0.2) is 6.21 Å². The van der Waals surface area contributed by atoms with Gasteiger partial charge in [-0.25, -0.2) is 0 Å². The normalized spacial score (nSPS) is 11.7. The van der Waals surface area contributed by atoms with E-state index in [1.807, 2.05) is 25.3 Å². The zero-order valence-corrected chi connectivity index (χ0v) is 25.1. The molecule has 0 aliphatic heterocycles. The molecule has 0 saturated heterocycles. The van der Waals surface area contributed by atoms with E-state index in [0.29, 0.717) is 0 Å². The number of nitrogens with zero attached hydrogens (tertiary/aromatic N) is 1. The third kappa shape index (κ3) is 7.40. The molecule has 5 heteroatoms. The minimum absolute atomic E-state index is 0.879. The standard InChI is InChI=1S/C35H42N4S/c1-7-12-13-15-26(9-3)27-17-19-28(20-18-27)29-21-16-25(6)34(30(29)22-23-38-36)39-32(14-8-2)31-24-40-33(10-4)35(31)37-11-5/h10-11,14,16-24,38-39H,3-4,7-8,12-13,15,36H2,1-2,5-6H3/b23-22-,32-14+,37-11?. The van der Waals surface area contributed by atoms with Crippen molar-refractivity contribution in [3.8, 4) is 11.1 Å². The highest BCUT2D eigenvalue weighted by Gasteiger charge is 2.17. The SMILES string of the molecule is C=C=C(CCCCC)c1ccc(-c2ccc(C)c(N/C(=C/CC)c3csc(C=C)c3N=CC)c2/C=C\NN)cc1. The van der Waals surface area contributed by atoms with E-state index < -0.39 is 0 Å². The van der Waals surface area contributed by atoms with E-state index in [1.54, 1.807) is 17.5 Å². The lowest BCUT2D eigenvalue weighted by Gasteiger charge is -2.20. The predicted molar refractivity (Wildman–Crippen MR) is 180 cm³/mol. The highest BCUT2D eigenvalue weighted by Crippen LogP contribution is 2.40. The fourth-order valence-electron chi connectivity index (χ4n) is 4.72. The Hall–Kier alpha value is -3.89. The predicted octanol–water partition coefficient (Wildman–Crippen LogP) is 10.1. The molecule has 208 valence electrons. The Bertz CT molecular complexity index is 1430. The fraction of sp³-hybridized carbons (Fsp3) is 0.257. The largest absolute Gasteiger partial charge is 0.354 e. The molecule has 3 aromatic rings. The zero-order chi connectivity index (χ0) is 28.9. The number of nitrogens with two attached hydrogens (primary N) is 1. The number of hydrogen-bond acceptors (Lipinski definition) is 5. The molecule has 0 amide bonds. The molecule has 0 aliphatic rings. The summed E-state index contributed by atoms with van der Waals surface area (Å²) in [4.78, 5) is 5.73. The van der Waals surface area contributed by atoms with Gasteiger partial charge in [0.1, 0.15) is 0 Å². The van der Waals surface area contributed by atoms with Gasteiger partial charge in [-0.3, -0.25) is 10.8 Å². The summed E-state index contributed by atoms with van der Waals surface area (Å²) >= 11 is 1.65. The molecule has 40 heavy (non-hydrogen) atoms. The first-order valence-electron chi connectivity index (χ1n) is 14.0. The smallest absolute Gasteiger partial charge is 0.0898 e. The number of rotatable bonds is 14. The summed E-state index contributed by atoms with van der Waals surface area (Å²) in [6.07, 6.45) is 15.1. The average molecular weight is 551 g/mol. The van der Waals surface area contributed by atoms with Gasteiger partial charge in [-0.15, -0.1) is 17.1 Å². The Morgan fingerprint density at radius 2 is 1.90 bits per heavy atom. The van der Waals surface area contributed by atoms with E-state index in [0.717, 1.165) is 69.0 Å². The zero-order valence-electron chi connectivity index (χ0n) is 24.3. The number of thiophene rings is 1. The van der Waals surface area contributed by atoms with Gasteiger partial charge in [-0.05, 0) is 67.5 Å². The summed E-state index contributed by atoms with van der Waals surface area (Å²) in [5.74, 6) is 5.67. The van der Waals surface area contributed by atoms with Crippen molar-refractivity contribution < 1.29 is 0 Å². The van der Waals surface area contributed by atoms with Crippen LogP contribution in [0.25, 0.3) is 34.5 Å². The van der Waals surface area contributed by atoms with Crippen molar-refractivity contribution in [2.75, 3.05) is 5.32 Å². The fourth-order valence-corrected chi connectivity index (χ4v) is 5.57. The second kappa shape index (κ2) is 15.6. The minimum Gasteiger partial charge on any atom is -0.354 e. The average Bonchev–Trinajstić information content (AvgIpc) is 3.38. The van der Waals surface area contributed by atoms with E-state index in [4.69, 9.17) is 5.84 Å². The molecule has 0 unspecified atom stereocenters. The maximum absolute atomic E-state index is 5.67. The number of hydrazine groups is 1. The Labute approximate surface area is 244 Å². The first-order chi connectivity index (χ1) is 19.5. The number of hydrogen-bond donors (Lipinski definition) is 3. The van der Waals surface area contributed by atoms with Gasteiger partial charge in [0.25, 0.3) is 0 Å². The topological polar surface area (TPSA) is 62.4 Å². The molecule has 0 radical (unpaired) electrons. The quantitative estimate of drug-likeness (QED) is 0.0615. The second-order valence-corrected chi connectivity index (χ2v) is 10.4. The minimum atomic E-state index is 0.879. The molecule has 4 nitrogen and oxygen atoms in total. The van der Waals surface area contributed by atoms with E-state index in [1.165, 1.54) is 24.0 Å².